The average Bonchev–Trinajstić information content (AvgIpc) is 2.05. The highest BCUT2D eigenvalue weighted by atomic mass is 35.5. The van der Waals surface area contributed by atoms with E-state index in [2.05, 4.69) is 0 Å². The van der Waals surface area contributed by atoms with Gasteiger partial charge in [-0.2, -0.15) is 0 Å². The number of hydrogen-bond donors (Lipinski definition) is 1. The van der Waals surface area contributed by atoms with Crippen LogP contribution < -0.4 is 5.73 Å². The van der Waals surface area contributed by atoms with Crippen molar-refractivity contribution in [1.29, 1.82) is 0 Å². The van der Waals surface area contributed by atoms with Gasteiger partial charge in [0, 0.05) is 13.1 Å². The van der Waals surface area contributed by atoms with Crippen molar-refractivity contribution in [2.75, 3.05) is 13.1 Å². The zero-order valence-electron chi connectivity index (χ0n) is 8.91. The van der Waals surface area contributed by atoms with Crippen molar-refractivity contribution in [2.24, 2.45) is 11.7 Å². The normalized spacial score (nSPS) is 12.2. The molecule has 1 unspecified atom stereocenters. The lowest BCUT2D eigenvalue weighted by molar-refractivity contribution is -0.133. The highest BCUT2D eigenvalue weighted by Gasteiger charge is 2.20. The number of nitrogens with two attached hydrogens (primary N) is 1. The second-order valence-corrected chi connectivity index (χ2v) is 3.28. The van der Waals surface area contributed by atoms with E-state index in [0.29, 0.717) is 0 Å². The van der Waals surface area contributed by atoms with Crippen molar-refractivity contribution in [3.8, 4) is 0 Å². The molecule has 0 bridgehead atoms. The Morgan fingerprint density at radius 2 is 1.69 bits per heavy atom. The lowest BCUT2D eigenvalue weighted by Gasteiger charge is -2.24. The smallest absolute Gasteiger partial charge is 0.239 e. The molecule has 80 valence electrons. The van der Waals surface area contributed by atoms with E-state index >= 15 is 0 Å². The molecule has 0 aliphatic carbocycles. The summed E-state index contributed by atoms with van der Waals surface area (Å²) >= 11 is 0. The number of nitrogens with zero attached hydrogens (tertiary/aromatic N) is 1. The lowest BCUT2D eigenvalue weighted by atomic mass is 10.0. The zero-order chi connectivity index (χ0) is 9.72. The summed E-state index contributed by atoms with van der Waals surface area (Å²) in [6, 6.07) is -0.343. The third kappa shape index (κ3) is 4.48. The van der Waals surface area contributed by atoms with E-state index in [9.17, 15) is 4.79 Å². The van der Waals surface area contributed by atoms with Crippen LogP contribution in [0.1, 0.15) is 27.7 Å². The maximum absolute atomic E-state index is 11.5. The molecule has 0 rings (SSSR count). The van der Waals surface area contributed by atoms with Gasteiger partial charge in [-0.3, -0.25) is 4.79 Å². The SMILES string of the molecule is CCN(CC)C(=O)C(N)C(C)C.Cl. The first kappa shape index (κ1) is 15.2. The van der Waals surface area contributed by atoms with E-state index in [-0.39, 0.29) is 30.3 Å². The molecule has 1 amide bonds. The minimum absolute atomic E-state index is 0. The van der Waals surface area contributed by atoms with Crippen LogP contribution in [0.25, 0.3) is 0 Å². The minimum Gasteiger partial charge on any atom is -0.342 e. The molecule has 3 nitrogen and oxygen atoms in total. The molecule has 0 saturated heterocycles. The van der Waals surface area contributed by atoms with Crippen molar-refractivity contribution in [3.63, 3.8) is 0 Å². The van der Waals surface area contributed by atoms with Crippen molar-refractivity contribution >= 4 is 18.3 Å². The Labute approximate surface area is 87.1 Å². The molecule has 0 aromatic rings. The third-order valence-electron chi connectivity index (χ3n) is 2.08. The number of carbonyl (C=O) groups excluding carboxylic acids is 1. The summed E-state index contributed by atoms with van der Waals surface area (Å²) in [5.74, 6) is 0.285. The molecule has 0 spiro atoms. The van der Waals surface area contributed by atoms with E-state index in [1.165, 1.54) is 0 Å². The second-order valence-electron chi connectivity index (χ2n) is 3.28. The highest BCUT2D eigenvalue weighted by Crippen LogP contribution is 2.02. The average molecular weight is 209 g/mol. The van der Waals surface area contributed by atoms with E-state index in [0.717, 1.165) is 13.1 Å². The largest absolute Gasteiger partial charge is 0.342 e. The summed E-state index contributed by atoms with van der Waals surface area (Å²) < 4.78 is 0. The van der Waals surface area contributed by atoms with Gasteiger partial charge in [-0.05, 0) is 19.8 Å². The first-order valence-corrected chi connectivity index (χ1v) is 4.58. The molecule has 0 fully saturated rings. The van der Waals surface area contributed by atoms with E-state index in [1.807, 2.05) is 27.7 Å². The van der Waals surface area contributed by atoms with Crippen molar-refractivity contribution < 1.29 is 4.79 Å². The summed E-state index contributed by atoms with van der Waals surface area (Å²) in [5, 5.41) is 0. The molecule has 0 aliphatic rings. The summed E-state index contributed by atoms with van der Waals surface area (Å²) in [5.41, 5.74) is 5.72. The number of halogens is 1. The fourth-order valence-electron chi connectivity index (χ4n) is 1.03. The molecular weight excluding hydrogens is 188 g/mol. The standard InChI is InChI=1S/C9H20N2O.ClH/c1-5-11(6-2)9(12)8(10)7(3)4;/h7-8H,5-6,10H2,1-4H3;1H. The number of amides is 1. The molecule has 2 N–H and O–H groups in total. The van der Waals surface area contributed by atoms with Crippen LogP contribution in [0.4, 0.5) is 0 Å². The lowest BCUT2D eigenvalue weighted by Crippen LogP contribution is -2.46. The predicted molar refractivity (Wildman–Crippen MR) is 58.0 cm³/mol. The molecule has 13 heavy (non-hydrogen) atoms. The quantitative estimate of drug-likeness (QED) is 0.756. The first-order valence-electron chi connectivity index (χ1n) is 4.58. The van der Waals surface area contributed by atoms with Crippen LogP contribution in [0.3, 0.4) is 0 Å². The van der Waals surface area contributed by atoms with Gasteiger partial charge >= 0.3 is 0 Å². The van der Waals surface area contributed by atoms with Crippen LogP contribution in [0, 0.1) is 5.92 Å². The molecule has 0 aliphatic heterocycles. The molecular formula is C9H21ClN2O. The Balaban J connectivity index is 0. The van der Waals surface area contributed by atoms with Gasteiger partial charge in [-0.1, -0.05) is 13.8 Å². The number of likely N-dealkylation sites (N-methyl/N-ethyl adjacent to an activating group) is 1. The van der Waals surface area contributed by atoms with Crippen LogP contribution in [0.5, 0.6) is 0 Å². The maximum Gasteiger partial charge on any atom is 0.239 e. The monoisotopic (exact) mass is 208 g/mol. The van der Waals surface area contributed by atoms with Gasteiger partial charge in [0.05, 0.1) is 6.04 Å². The Hall–Kier alpha value is -0.280. The van der Waals surface area contributed by atoms with Gasteiger partial charge in [-0.25, -0.2) is 0 Å². The number of carbonyl (C=O) groups is 1. The molecule has 0 radical (unpaired) electrons. The minimum atomic E-state index is -0.343. The molecule has 0 aromatic carbocycles. The summed E-state index contributed by atoms with van der Waals surface area (Å²) in [6.07, 6.45) is 0. The summed E-state index contributed by atoms with van der Waals surface area (Å²) in [6.45, 7) is 9.35. The van der Waals surface area contributed by atoms with Crippen LogP contribution in [0.2, 0.25) is 0 Å². The number of hydrogen-bond acceptors (Lipinski definition) is 2. The number of rotatable bonds is 4. The summed E-state index contributed by atoms with van der Waals surface area (Å²) in [4.78, 5) is 13.3. The van der Waals surface area contributed by atoms with Crippen molar-refractivity contribution in [1.82, 2.24) is 4.90 Å². The Morgan fingerprint density at radius 3 is 1.92 bits per heavy atom. The van der Waals surface area contributed by atoms with Crippen LogP contribution in [0.15, 0.2) is 0 Å². The van der Waals surface area contributed by atoms with Gasteiger partial charge in [0.15, 0.2) is 0 Å². The van der Waals surface area contributed by atoms with Gasteiger partial charge in [0.2, 0.25) is 5.91 Å². The fraction of sp³-hybridized carbons (Fsp3) is 0.889. The fourth-order valence-corrected chi connectivity index (χ4v) is 1.03. The molecule has 1 atom stereocenters. The van der Waals surface area contributed by atoms with E-state index in [4.69, 9.17) is 5.73 Å². The van der Waals surface area contributed by atoms with E-state index in [1.54, 1.807) is 4.90 Å². The Morgan fingerprint density at radius 1 is 1.31 bits per heavy atom. The summed E-state index contributed by atoms with van der Waals surface area (Å²) in [7, 11) is 0. The third-order valence-corrected chi connectivity index (χ3v) is 2.08. The first-order chi connectivity index (χ1) is 5.54. The molecule has 0 saturated carbocycles. The van der Waals surface area contributed by atoms with Crippen LogP contribution >= 0.6 is 12.4 Å². The molecule has 0 aromatic heterocycles. The van der Waals surface area contributed by atoms with Crippen LogP contribution in [-0.4, -0.2) is 29.9 Å². The zero-order valence-corrected chi connectivity index (χ0v) is 9.73. The second kappa shape index (κ2) is 7.15. The van der Waals surface area contributed by atoms with Gasteiger partial charge < -0.3 is 10.6 Å². The van der Waals surface area contributed by atoms with E-state index < -0.39 is 0 Å². The van der Waals surface area contributed by atoms with Crippen molar-refractivity contribution in [2.45, 2.75) is 33.7 Å². The van der Waals surface area contributed by atoms with Crippen LogP contribution in [-0.2, 0) is 4.79 Å². The topological polar surface area (TPSA) is 46.3 Å². The van der Waals surface area contributed by atoms with Gasteiger partial charge in [0.25, 0.3) is 0 Å². The van der Waals surface area contributed by atoms with Gasteiger partial charge in [-0.15, -0.1) is 12.4 Å². The Bertz CT molecular complexity index is 143. The molecule has 4 heteroatoms. The Kier molecular flexibility index (Phi) is 8.37. The highest BCUT2D eigenvalue weighted by molar-refractivity contribution is 5.85. The maximum atomic E-state index is 11.5. The molecule has 0 heterocycles. The van der Waals surface area contributed by atoms with Crippen molar-refractivity contribution in [3.05, 3.63) is 0 Å². The van der Waals surface area contributed by atoms with Gasteiger partial charge in [0.1, 0.15) is 0 Å². The predicted octanol–water partition coefficient (Wildman–Crippen LogP) is 1.26.